The SMILES string of the molecule is CC[C@@H]([NH2+]CCOC)c1nc2ccccc2c(=O)n1CCOC. The van der Waals surface area contributed by atoms with Gasteiger partial charge < -0.3 is 14.8 Å². The van der Waals surface area contributed by atoms with Crippen LogP contribution in [0.4, 0.5) is 0 Å². The first-order valence-corrected chi connectivity index (χ1v) is 8.03. The van der Waals surface area contributed by atoms with E-state index in [4.69, 9.17) is 14.5 Å². The van der Waals surface area contributed by atoms with Crippen LogP contribution in [-0.2, 0) is 16.0 Å². The van der Waals surface area contributed by atoms with E-state index in [1.54, 1.807) is 18.8 Å². The lowest BCUT2D eigenvalue weighted by atomic mass is 10.1. The fourth-order valence-electron chi connectivity index (χ4n) is 2.71. The van der Waals surface area contributed by atoms with Crippen LogP contribution in [-0.4, -0.2) is 43.5 Å². The summed E-state index contributed by atoms with van der Waals surface area (Å²) in [4.78, 5) is 17.6. The zero-order valence-electron chi connectivity index (χ0n) is 14.1. The molecule has 0 unspecified atom stereocenters. The van der Waals surface area contributed by atoms with Crippen LogP contribution in [0.1, 0.15) is 25.2 Å². The first-order chi connectivity index (χ1) is 11.2. The molecular weight excluding hydrogens is 294 g/mol. The molecule has 1 heterocycles. The van der Waals surface area contributed by atoms with E-state index >= 15 is 0 Å². The smallest absolute Gasteiger partial charge is 0.261 e. The van der Waals surface area contributed by atoms with Gasteiger partial charge in [-0.3, -0.25) is 9.36 Å². The highest BCUT2D eigenvalue weighted by molar-refractivity contribution is 5.77. The second-order valence-corrected chi connectivity index (χ2v) is 5.47. The molecule has 6 nitrogen and oxygen atoms in total. The summed E-state index contributed by atoms with van der Waals surface area (Å²) in [5.41, 5.74) is 0.751. The predicted molar refractivity (Wildman–Crippen MR) is 89.6 cm³/mol. The maximum absolute atomic E-state index is 12.8. The number of rotatable bonds is 9. The molecule has 1 aromatic carbocycles. The molecule has 126 valence electrons. The lowest BCUT2D eigenvalue weighted by Crippen LogP contribution is -2.86. The fraction of sp³-hybridized carbons (Fsp3) is 0.529. The van der Waals surface area contributed by atoms with E-state index in [0.717, 1.165) is 24.3 Å². The number of nitrogens with two attached hydrogens (primary N) is 1. The summed E-state index contributed by atoms with van der Waals surface area (Å²) in [6.07, 6.45) is 0.890. The third-order valence-corrected chi connectivity index (χ3v) is 3.95. The Balaban J connectivity index is 2.47. The lowest BCUT2D eigenvalue weighted by Gasteiger charge is -2.19. The van der Waals surface area contributed by atoms with Crippen LogP contribution in [0.2, 0.25) is 0 Å². The van der Waals surface area contributed by atoms with E-state index in [9.17, 15) is 4.79 Å². The zero-order valence-corrected chi connectivity index (χ0v) is 14.1. The van der Waals surface area contributed by atoms with Crippen molar-refractivity contribution >= 4 is 10.9 Å². The van der Waals surface area contributed by atoms with E-state index in [-0.39, 0.29) is 11.6 Å². The van der Waals surface area contributed by atoms with Crippen LogP contribution in [0, 0.1) is 0 Å². The molecule has 0 radical (unpaired) electrons. The van der Waals surface area contributed by atoms with Crippen molar-refractivity contribution in [2.45, 2.75) is 25.9 Å². The molecule has 0 aliphatic carbocycles. The minimum atomic E-state index is 0.00115. The number of quaternary nitrogens is 1. The van der Waals surface area contributed by atoms with Crippen molar-refractivity contribution in [3.05, 3.63) is 40.4 Å². The molecule has 0 amide bonds. The Morgan fingerprint density at radius 1 is 1.22 bits per heavy atom. The molecule has 1 aromatic heterocycles. The standard InChI is InChI=1S/C17H25N3O3/c1-4-14(18-9-11-22-2)16-19-15-8-6-5-7-13(15)17(21)20(16)10-12-23-3/h5-8,14,18H,4,9-12H2,1-3H3/p+1/t14-/m1/s1. The number of benzene rings is 1. The molecule has 0 fully saturated rings. The third-order valence-electron chi connectivity index (χ3n) is 3.95. The number of fused-ring (bicyclic) bond motifs is 1. The molecular formula is C17H26N3O3+. The molecule has 1 atom stereocenters. The number of aromatic nitrogens is 2. The van der Waals surface area contributed by atoms with Gasteiger partial charge >= 0.3 is 0 Å². The summed E-state index contributed by atoms with van der Waals surface area (Å²) in [5.74, 6) is 0.810. The number of methoxy groups -OCH3 is 2. The van der Waals surface area contributed by atoms with E-state index < -0.39 is 0 Å². The first-order valence-electron chi connectivity index (χ1n) is 8.03. The summed E-state index contributed by atoms with van der Waals surface area (Å²) in [5, 5.41) is 2.84. The lowest BCUT2D eigenvalue weighted by molar-refractivity contribution is -0.698. The summed E-state index contributed by atoms with van der Waals surface area (Å²) < 4.78 is 12.0. The zero-order chi connectivity index (χ0) is 16.7. The first kappa shape index (κ1) is 17.6. The maximum Gasteiger partial charge on any atom is 0.261 e. The molecule has 2 N–H and O–H groups in total. The highest BCUT2D eigenvalue weighted by Crippen LogP contribution is 2.13. The van der Waals surface area contributed by atoms with E-state index in [1.807, 2.05) is 24.3 Å². The van der Waals surface area contributed by atoms with Crippen molar-refractivity contribution < 1.29 is 14.8 Å². The van der Waals surface area contributed by atoms with E-state index in [1.165, 1.54) is 0 Å². The molecule has 0 aliphatic rings. The van der Waals surface area contributed by atoms with Crippen LogP contribution in [0.5, 0.6) is 0 Å². The Labute approximate surface area is 136 Å². The minimum Gasteiger partial charge on any atom is -0.383 e. The van der Waals surface area contributed by atoms with Gasteiger partial charge in [0.05, 0.1) is 37.2 Å². The van der Waals surface area contributed by atoms with Gasteiger partial charge in [-0.25, -0.2) is 4.98 Å². The van der Waals surface area contributed by atoms with Gasteiger partial charge in [-0.05, 0) is 12.1 Å². The molecule has 6 heteroatoms. The summed E-state index contributed by atoms with van der Waals surface area (Å²) in [6, 6.07) is 7.62. The maximum atomic E-state index is 12.8. The summed E-state index contributed by atoms with van der Waals surface area (Å²) in [7, 11) is 3.33. The Bertz CT molecular complexity index is 684. The Morgan fingerprint density at radius 3 is 2.65 bits per heavy atom. The van der Waals surface area contributed by atoms with Crippen molar-refractivity contribution in [2.24, 2.45) is 0 Å². The van der Waals surface area contributed by atoms with Crippen molar-refractivity contribution in [1.29, 1.82) is 0 Å². The summed E-state index contributed by atoms with van der Waals surface area (Å²) in [6.45, 7) is 4.61. The van der Waals surface area contributed by atoms with Crippen molar-refractivity contribution in [2.75, 3.05) is 34.0 Å². The molecule has 2 rings (SSSR count). The van der Waals surface area contributed by atoms with E-state index in [0.29, 0.717) is 25.1 Å². The third kappa shape index (κ3) is 4.16. The highest BCUT2D eigenvalue weighted by atomic mass is 16.5. The summed E-state index contributed by atoms with van der Waals surface area (Å²) >= 11 is 0. The number of hydrogen-bond donors (Lipinski definition) is 1. The predicted octanol–water partition coefficient (Wildman–Crippen LogP) is 0.704. The molecule has 0 aliphatic heterocycles. The second-order valence-electron chi connectivity index (χ2n) is 5.47. The molecule has 2 aromatic rings. The van der Waals surface area contributed by atoms with Gasteiger partial charge in [0, 0.05) is 20.6 Å². The molecule has 0 saturated heterocycles. The Morgan fingerprint density at radius 2 is 1.96 bits per heavy atom. The molecule has 0 saturated carbocycles. The van der Waals surface area contributed by atoms with Gasteiger partial charge in [-0.1, -0.05) is 19.1 Å². The van der Waals surface area contributed by atoms with Gasteiger partial charge in [0.25, 0.3) is 5.56 Å². The van der Waals surface area contributed by atoms with E-state index in [2.05, 4.69) is 12.2 Å². The average molecular weight is 320 g/mol. The minimum absolute atomic E-state index is 0.00115. The van der Waals surface area contributed by atoms with Gasteiger partial charge in [0.2, 0.25) is 0 Å². The van der Waals surface area contributed by atoms with Crippen molar-refractivity contribution in [3.63, 3.8) is 0 Å². The van der Waals surface area contributed by atoms with Gasteiger partial charge in [0.15, 0.2) is 5.82 Å². The number of ether oxygens (including phenoxy) is 2. The van der Waals surface area contributed by atoms with Crippen LogP contribution in [0.15, 0.2) is 29.1 Å². The second kappa shape index (κ2) is 8.76. The number of hydrogen-bond acceptors (Lipinski definition) is 4. The van der Waals surface area contributed by atoms with Crippen LogP contribution in [0.25, 0.3) is 10.9 Å². The van der Waals surface area contributed by atoms with Crippen molar-refractivity contribution in [1.82, 2.24) is 9.55 Å². The van der Waals surface area contributed by atoms with Crippen LogP contribution in [0.3, 0.4) is 0 Å². The Kier molecular flexibility index (Phi) is 6.70. The highest BCUT2D eigenvalue weighted by Gasteiger charge is 2.21. The topological polar surface area (TPSA) is 70.0 Å². The fourth-order valence-corrected chi connectivity index (χ4v) is 2.71. The molecule has 0 bridgehead atoms. The average Bonchev–Trinajstić information content (AvgIpc) is 2.58. The monoisotopic (exact) mass is 320 g/mol. The van der Waals surface area contributed by atoms with Gasteiger partial charge in [0.1, 0.15) is 6.04 Å². The number of nitrogens with zero attached hydrogens (tertiary/aromatic N) is 2. The molecule has 0 spiro atoms. The van der Waals surface area contributed by atoms with Gasteiger partial charge in [-0.15, -0.1) is 0 Å². The Hall–Kier alpha value is -1.76. The normalized spacial score (nSPS) is 12.7. The quantitative estimate of drug-likeness (QED) is 0.691. The number of para-hydroxylation sites is 1. The van der Waals surface area contributed by atoms with Crippen LogP contribution < -0.4 is 10.9 Å². The molecule has 23 heavy (non-hydrogen) atoms. The largest absolute Gasteiger partial charge is 0.383 e. The van der Waals surface area contributed by atoms with Gasteiger partial charge in [-0.2, -0.15) is 0 Å². The van der Waals surface area contributed by atoms with Crippen molar-refractivity contribution in [3.8, 4) is 0 Å². The van der Waals surface area contributed by atoms with Crippen LogP contribution >= 0.6 is 0 Å².